The number of anilines is 2. The van der Waals surface area contributed by atoms with Crippen molar-refractivity contribution in [1.29, 1.82) is 0 Å². The van der Waals surface area contributed by atoms with E-state index in [2.05, 4.69) is 20.8 Å². The highest BCUT2D eigenvalue weighted by molar-refractivity contribution is 7.99. The first-order chi connectivity index (χ1) is 13.4. The quantitative estimate of drug-likeness (QED) is 0.625. The number of hydrogen-bond donors (Lipinski definition) is 2. The molecule has 2 amide bonds. The average Bonchev–Trinajstić information content (AvgIpc) is 3.09. The number of carbonyl (C=O) groups is 2. The fraction of sp³-hybridized carbons (Fsp3) is 0.200. The van der Waals surface area contributed by atoms with Crippen LogP contribution in [0, 0.1) is 13.8 Å². The summed E-state index contributed by atoms with van der Waals surface area (Å²) in [5.74, 6) is -0.204. The Morgan fingerprint density at radius 2 is 1.89 bits per heavy atom. The Labute approximate surface area is 167 Å². The third kappa shape index (κ3) is 4.77. The minimum Gasteiger partial charge on any atom is -0.325 e. The number of amides is 2. The predicted octanol–water partition coefficient (Wildman–Crippen LogP) is 3.42. The van der Waals surface area contributed by atoms with E-state index in [-0.39, 0.29) is 17.6 Å². The summed E-state index contributed by atoms with van der Waals surface area (Å²) in [6.07, 6.45) is 1.58. The highest BCUT2D eigenvalue weighted by atomic mass is 32.2. The molecule has 0 unspecified atom stereocenters. The van der Waals surface area contributed by atoms with Gasteiger partial charge in [0.05, 0.1) is 5.75 Å². The Balaban J connectivity index is 1.63. The molecule has 1 aromatic heterocycles. The van der Waals surface area contributed by atoms with Crippen molar-refractivity contribution >= 4 is 35.0 Å². The molecular weight excluding hydrogens is 374 g/mol. The predicted molar refractivity (Wildman–Crippen MR) is 111 cm³/mol. The number of nitrogens with one attached hydrogen (secondary N) is 2. The van der Waals surface area contributed by atoms with Gasteiger partial charge in [0.15, 0.2) is 5.16 Å². The zero-order valence-electron chi connectivity index (χ0n) is 15.9. The molecule has 8 heteroatoms. The first-order valence-corrected chi connectivity index (χ1v) is 9.67. The van der Waals surface area contributed by atoms with Crippen LogP contribution in [0.2, 0.25) is 0 Å². The molecule has 3 aromatic rings. The minimum atomic E-state index is -0.224. The minimum absolute atomic E-state index is 0.180. The van der Waals surface area contributed by atoms with Gasteiger partial charge < -0.3 is 15.2 Å². The maximum absolute atomic E-state index is 12.6. The Morgan fingerprint density at radius 1 is 1.11 bits per heavy atom. The number of nitrogens with zero attached hydrogens (tertiary/aromatic N) is 3. The van der Waals surface area contributed by atoms with Gasteiger partial charge in [0.1, 0.15) is 6.33 Å². The van der Waals surface area contributed by atoms with Crippen LogP contribution in [0.3, 0.4) is 0 Å². The fourth-order valence-corrected chi connectivity index (χ4v) is 3.24. The number of benzene rings is 2. The van der Waals surface area contributed by atoms with E-state index in [1.54, 1.807) is 35.2 Å². The van der Waals surface area contributed by atoms with Crippen LogP contribution in [0.5, 0.6) is 0 Å². The molecule has 0 spiro atoms. The summed E-state index contributed by atoms with van der Waals surface area (Å²) in [7, 11) is 1.82. The molecule has 0 bridgehead atoms. The SMILES string of the molecule is Cc1cccc(NC(=O)c2cccc(NC(=O)CSc3nncn3C)c2)c1C. The molecular formula is C20H21N5O2S. The van der Waals surface area contributed by atoms with E-state index in [0.717, 1.165) is 16.8 Å². The van der Waals surface area contributed by atoms with Crippen molar-refractivity contribution < 1.29 is 9.59 Å². The summed E-state index contributed by atoms with van der Waals surface area (Å²) in [5.41, 5.74) is 3.96. The molecule has 0 fully saturated rings. The second kappa shape index (κ2) is 8.71. The molecule has 0 aliphatic heterocycles. The van der Waals surface area contributed by atoms with Crippen molar-refractivity contribution in [1.82, 2.24) is 14.8 Å². The maximum atomic E-state index is 12.6. The summed E-state index contributed by atoms with van der Waals surface area (Å²) >= 11 is 1.29. The number of aromatic nitrogens is 3. The first kappa shape index (κ1) is 19.6. The van der Waals surface area contributed by atoms with Gasteiger partial charge in [-0.25, -0.2) is 0 Å². The molecule has 7 nitrogen and oxygen atoms in total. The molecule has 0 aliphatic carbocycles. The fourth-order valence-electron chi connectivity index (χ4n) is 2.55. The summed E-state index contributed by atoms with van der Waals surface area (Å²) in [6.45, 7) is 3.97. The molecule has 1 heterocycles. The van der Waals surface area contributed by atoms with Gasteiger partial charge in [-0.15, -0.1) is 10.2 Å². The third-order valence-electron chi connectivity index (χ3n) is 4.26. The number of aryl methyl sites for hydroxylation is 2. The molecule has 0 atom stereocenters. The molecule has 0 aliphatic rings. The highest BCUT2D eigenvalue weighted by Crippen LogP contribution is 2.20. The Kier molecular flexibility index (Phi) is 6.10. The van der Waals surface area contributed by atoms with E-state index in [0.29, 0.717) is 16.4 Å². The van der Waals surface area contributed by atoms with Crippen molar-refractivity contribution in [2.75, 3.05) is 16.4 Å². The molecule has 0 radical (unpaired) electrons. The topological polar surface area (TPSA) is 88.9 Å². The number of thioether (sulfide) groups is 1. The number of carbonyl (C=O) groups excluding carboxylic acids is 2. The second-order valence-electron chi connectivity index (χ2n) is 6.34. The van der Waals surface area contributed by atoms with E-state index in [9.17, 15) is 9.59 Å². The van der Waals surface area contributed by atoms with Crippen molar-refractivity contribution in [3.8, 4) is 0 Å². The van der Waals surface area contributed by atoms with E-state index < -0.39 is 0 Å². The smallest absolute Gasteiger partial charge is 0.255 e. The van der Waals surface area contributed by atoms with Gasteiger partial charge in [0.25, 0.3) is 5.91 Å². The van der Waals surface area contributed by atoms with Crippen LogP contribution in [0.15, 0.2) is 53.9 Å². The first-order valence-electron chi connectivity index (χ1n) is 8.68. The lowest BCUT2D eigenvalue weighted by Gasteiger charge is -2.11. The summed E-state index contributed by atoms with van der Waals surface area (Å²) in [4.78, 5) is 24.8. The van der Waals surface area contributed by atoms with Crippen LogP contribution in [0.4, 0.5) is 11.4 Å². The van der Waals surface area contributed by atoms with Crippen molar-refractivity contribution in [2.45, 2.75) is 19.0 Å². The van der Waals surface area contributed by atoms with Crippen LogP contribution < -0.4 is 10.6 Å². The average molecular weight is 395 g/mol. The van der Waals surface area contributed by atoms with Gasteiger partial charge in [-0.05, 0) is 49.2 Å². The van der Waals surface area contributed by atoms with E-state index in [4.69, 9.17) is 0 Å². The lowest BCUT2D eigenvalue weighted by Crippen LogP contribution is -2.16. The number of hydrogen-bond acceptors (Lipinski definition) is 5. The van der Waals surface area contributed by atoms with Gasteiger partial charge in [-0.1, -0.05) is 30.0 Å². The normalized spacial score (nSPS) is 10.5. The van der Waals surface area contributed by atoms with Gasteiger partial charge >= 0.3 is 0 Å². The molecule has 3 rings (SSSR count). The van der Waals surface area contributed by atoms with Crippen molar-refractivity contribution in [3.63, 3.8) is 0 Å². The van der Waals surface area contributed by atoms with Gasteiger partial charge in [-0.2, -0.15) is 0 Å². The van der Waals surface area contributed by atoms with Crippen molar-refractivity contribution in [3.05, 3.63) is 65.5 Å². The Hall–Kier alpha value is -3.13. The lowest BCUT2D eigenvalue weighted by atomic mass is 10.1. The highest BCUT2D eigenvalue weighted by Gasteiger charge is 2.11. The van der Waals surface area contributed by atoms with Crippen LogP contribution in [-0.2, 0) is 11.8 Å². The van der Waals surface area contributed by atoms with Crippen LogP contribution >= 0.6 is 11.8 Å². The molecule has 0 saturated carbocycles. The van der Waals surface area contributed by atoms with Gasteiger partial charge in [0.2, 0.25) is 5.91 Å². The van der Waals surface area contributed by atoms with Crippen molar-refractivity contribution in [2.24, 2.45) is 7.05 Å². The molecule has 0 saturated heterocycles. The molecule has 28 heavy (non-hydrogen) atoms. The summed E-state index contributed by atoms with van der Waals surface area (Å²) in [6, 6.07) is 12.6. The molecule has 2 aromatic carbocycles. The van der Waals surface area contributed by atoms with E-state index >= 15 is 0 Å². The van der Waals surface area contributed by atoms with Crippen LogP contribution in [0.1, 0.15) is 21.5 Å². The van der Waals surface area contributed by atoms with Crippen LogP contribution in [-0.4, -0.2) is 32.3 Å². The number of rotatable bonds is 6. The third-order valence-corrected chi connectivity index (χ3v) is 5.30. The van der Waals surface area contributed by atoms with E-state index in [1.165, 1.54) is 11.8 Å². The largest absolute Gasteiger partial charge is 0.325 e. The Morgan fingerprint density at radius 3 is 2.64 bits per heavy atom. The van der Waals surface area contributed by atoms with Crippen LogP contribution in [0.25, 0.3) is 0 Å². The summed E-state index contributed by atoms with van der Waals surface area (Å²) < 4.78 is 1.75. The standard InChI is InChI=1S/C20H21N5O2S/c1-13-6-4-9-17(14(13)2)23-19(27)15-7-5-8-16(10-15)22-18(26)11-28-20-24-21-12-25(20)3/h4-10,12H,11H2,1-3H3,(H,22,26)(H,23,27). The maximum Gasteiger partial charge on any atom is 0.255 e. The lowest BCUT2D eigenvalue weighted by molar-refractivity contribution is -0.113. The van der Waals surface area contributed by atoms with Gasteiger partial charge in [-0.3, -0.25) is 9.59 Å². The zero-order valence-corrected chi connectivity index (χ0v) is 16.7. The Bertz CT molecular complexity index is 1020. The van der Waals surface area contributed by atoms with E-state index in [1.807, 2.05) is 39.1 Å². The second-order valence-corrected chi connectivity index (χ2v) is 7.29. The molecule has 2 N–H and O–H groups in total. The molecule has 144 valence electrons. The monoisotopic (exact) mass is 395 g/mol. The van der Waals surface area contributed by atoms with Gasteiger partial charge in [0, 0.05) is 24.0 Å². The zero-order chi connectivity index (χ0) is 20.1. The summed E-state index contributed by atoms with van der Waals surface area (Å²) in [5, 5.41) is 14.1.